The van der Waals surface area contributed by atoms with E-state index in [1.165, 1.54) is 43.5 Å². The average Bonchev–Trinajstić information content (AvgIpc) is 2.61. The zero-order chi connectivity index (χ0) is 14.1. The van der Waals surface area contributed by atoms with E-state index in [1.807, 2.05) is 12.1 Å². The number of hydrogen-bond acceptors (Lipinski definition) is 2. The van der Waals surface area contributed by atoms with Gasteiger partial charge in [0, 0.05) is 22.5 Å². The molecule has 4 bridgehead atoms. The average molecular weight is 413 g/mol. The summed E-state index contributed by atoms with van der Waals surface area (Å²) in [6.45, 7) is 0. The van der Waals surface area contributed by atoms with E-state index in [0.29, 0.717) is 16.0 Å². The zero-order valence-corrected chi connectivity index (χ0v) is 14.7. The van der Waals surface area contributed by atoms with Crippen LogP contribution in [0.2, 0.25) is 5.02 Å². The molecule has 0 N–H and O–H groups in total. The molecule has 0 radical (unpaired) electrons. The topological polar surface area (TPSA) is 15.6 Å². The molecule has 1 aromatic carbocycles. The molecule has 2 nitrogen and oxygen atoms in total. The van der Waals surface area contributed by atoms with Crippen LogP contribution in [0.25, 0.3) is 0 Å². The molecule has 3 unspecified atom stereocenters. The maximum absolute atomic E-state index is 6.19. The molecule has 2 aliphatic carbocycles. The number of benzene rings is 1. The van der Waals surface area contributed by atoms with Gasteiger partial charge in [0.05, 0.1) is 5.69 Å². The van der Waals surface area contributed by atoms with Gasteiger partial charge in [-0.25, -0.2) is 4.99 Å². The summed E-state index contributed by atoms with van der Waals surface area (Å²) >= 11 is 8.80. The standard InChI is InChI=1S/C17H18ClIN2/c18-12-1-2-14-15(8-12)20-17-11-4-9-3-10(5-11)7-13(6-9)21(17)16(14)19/h1-2,8-11,13,16H,3-7H2. The second kappa shape index (κ2) is 4.60. The number of amidine groups is 1. The number of hydrogen-bond donors (Lipinski definition) is 0. The van der Waals surface area contributed by atoms with E-state index in [-0.39, 0.29) is 0 Å². The summed E-state index contributed by atoms with van der Waals surface area (Å²) in [6.07, 6.45) is 6.96. The molecule has 0 amide bonds. The van der Waals surface area contributed by atoms with Gasteiger partial charge in [-0.3, -0.25) is 0 Å². The molecular weight excluding hydrogens is 395 g/mol. The monoisotopic (exact) mass is 412 g/mol. The van der Waals surface area contributed by atoms with Crippen molar-refractivity contribution in [3.05, 3.63) is 28.8 Å². The first-order chi connectivity index (χ1) is 10.2. The minimum Gasteiger partial charge on any atom is -0.341 e. The highest BCUT2D eigenvalue weighted by molar-refractivity contribution is 14.1. The Bertz CT molecular complexity index is 630. The van der Waals surface area contributed by atoms with Crippen LogP contribution in [-0.2, 0) is 0 Å². The second-order valence-electron chi connectivity index (χ2n) is 7.18. The first-order valence-corrected chi connectivity index (χ1v) is 9.62. The van der Waals surface area contributed by atoms with Crippen molar-refractivity contribution in [2.75, 3.05) is 0 Å². The summed E-state index contributed by atoms with van der Waals surface area (Å²) in [4.78, 5) is 7.76. The summed E-state index contributed by atoms with van der Waals surface area (Å²) in [5.74, 6) is 3.94. The summed E-state index contributed by atoms with van der Waals surface area (Å²) in [5.41, 5.74) is 2.44. The molecule has 21 heavy (non-hydrogen) atoms. The van der Waals surface area contributed by atoms with Crippen LogP contribution >= 0.6 is 34.2 Å². The van der Waals surface area contributed by atoms with Crippen LogP contribution in [0.15, 0.2) is 23.2 Å². The quantitative estimate of drug-likeness (QED) is 0.319. The van der Waals surface area contributed by atoms with Crippen molar-refractivity contribution in [2.45, 2.75) is 42.2 Å². The first-order valence-electron chi connectivity index (χ1n) is 7.99. The largest absolute Gasteiger partial charge is 0.341 e. The maximum atomic E-state index is 6.19. The summed E-state index contributed by atoms with van der Waals surface area (Å²) in [5, 5.41) is 0.801. The van der Waals surface area contributed by atoms with E-state index >= 15 is 0 Å². The van der Waals surface area contributed by atoms with Crippen molar-refractivity contribution in [3.8, 4) is 0 Å². The Hall–Kier alpha value is -0.290. The highest BCUT2D eigenvalue weighted by Gasteiger charge is 2.48. The molecule has 1 aromatic rings. The molecule has 2 saturated heterocycles. The number of alkyl halides is 1. The van der Waals surface area contributed by atoms with Gasteiger partial charge in [-0.2, -0.15) is 0 Å². The molecule has 3 atom stereocenters. The molecule has 2 saturated carbocycles. The number of nitrogens with zero attached hydrogens (tertiary/aromatic N) is 2. The van der Waals surface area contributed by atoms with Crippen LogP contribution in [0.4, 0.5) is 5.69 Å². The van der Waals surface area contributed by atoms with Gasteiger partial charge in [-0.15, -0.1) is 0 Å². The van der Waals surface area contributed by atoms with Gasteiger partial charge in [-0.05, 0) is 56.1 Å². The normalized spacial score (nSPS) is 39.6. The number of halogens is 2. The molecule has 4 heteroatoms. The molecule has 3 heterocycles. The molecule has 0 spiro atoms. The van der Waals surface area contributed by atoms with Gasteiger partial charge in [0.15, 0.2) is 0 Å². The van der Waals surface area contributed by atoms with E-state index in [4.69, 9.17) is 16.6 Å². The summed E-state index contributed by atoms with van der Waals surface area (Å²) in [6, 6.07) is 6.94. The Balaban J connectivity index is 1.68. The van der Waals surface area contributed by atoms with Gasteiger partial charge in [0.25, 0.3) is 0 Å². The van der Waals surface area contributed by atoms with Gasteiger partial charge in [-0.1, -0.05) is 40.3 Å². The van der Waals surface area contributed by atoms with Crippen LogP contribution < -0.4 is 0 Å². The van der Waals surface area contributed by atoms with E-state index in [0.717, 1.165) is 22.5 Å². The van der Waals surface area contributed by atoms with Crippen LogP contribution in [0.1, 0.15) is 41.7 Å². The van der Waals surface area contributed by atoms with Crippen molar-refractivity contribution < 1.29 is 0 Å². The van der Waals surface area contributed by atoms with Crippen molar-refractivity contribution in [1.29, 1.82) is 0 Å². The van der Waals surface area contributed by atoms with Gasteiger partial charge in [0.2, 0.25) is 0 Å². The fourth-order valence-electron chi connectivity index (χ4n) is 5.19. The molecule has 6 rings (SSSR count). The Morgan fingerprint density at radius 3 is 2.62 bits per heavy atom. The third-order valence-corrected chi connectivity index (χ3v) is 7.37. The third kappa shape index (κ3) is 1.92. The number of fused-ring (bicyclic) bond motifs is 1. The Morgan fingerprint density at radius 2 is 1.86 bits per heavy atom. The first kappa shape index (κ1) is 13.2. The van der Waals surface area contributed by atoms with Crippen LogP contribution in [0.3, 0.4) is 0 Å². The Labute approximate surface area is 144 Å². The lowest BCUT2D eigenvalue weighted by molar-refractivity contribution is 0.128. The van der Waals surface area contributed by atoms with Gasteiger partial charge >= 0.3 is 0 Å². The molecular formula is C17H18ClIN2. The summed E-state index contributed by atoms with van der Waals surface area (Å²) < 4.78 is 0.422. The predicted octanol–water partition coefficient (Wildman–Crippen LogP) is 5.33. The number of rotatable bonds is 0. The highest BCUT2D eigenvalue weighted by atomic mass is 127. The van der Waals surface area contributed by atoms with Gasteiger partial charge < -0.3 is 4.90 Å². The molecule has 110 valence electrons. The van der Waals surface area contributed by atoms with Crippen LogP contribution in [0.5, 0.6) is 0 Å². The molecule has 5 aliphatic rings. The maximum Gasteiger partial charge on any atom is 0.110 e. The highest BCUT2D eigenvalue weighted by Crippen LogP contribution is 2.54. The van der Waals surface area contributed by atoms with E-state index in [2.05, 4.69) is 33.6 Å². The lowest BCUT2D eigenvalue weighted by Crippen LogP contribution is -2.43. The molecule has 3 aliphatic heterocycles. The minimum absolute atomic E-state index is 0.422. The second-order valence-corrected chi connectivity index (χ2v) is 8.79. The van der Waals surface area contributed by atoms with E-state index in [9.17, 15) is 0 Å². The smallest absolute Gasteiger partial charge is 0.110 e. The van der Waals surface area contributed by atoms with Crippen LogP contribution in [0, 0.1) is 17.8 Å². The number of aliphatic imine (C=N–C) groups is 1. The fraction of sp³-hybridized carbons (Fsp3) is 0.588. The lowest BCUT2D eigenvalue weighted by atomic mass is 9.68. The Kier molecular flexibility index (Phi) is 2.89. The van der Waals surface area contributed by atoms with Crippen molar-refractivity contribution in [2.24, 2.45) is 22.7 Å². The SMILES string of the molecule is Clc1ccc2c(c1)N=C1C3CC4CC(C3)CC(C4)N1C2I. The van der Waals surface area contributed by atoms with Crippen molar-refractivity contribution in [1.82, 2.24) is 4.90 Å². The Morgan fingerprint density at radius 1 is 1.10 bits per heavy atom. The van der Waals surface area contributed by atoms with E-state index in [1.54, 1.807) is 0 Å². The summed E-state index contributed by atoms with van der Waals surface area (Å²) in [7, 11) is 0. The molecule has 0 aromatic heterocycles. The fourth-order valence-corrected chi connectivity index (χ4v) is 6.62. The van der Waals surface area contributed by atoms with Crippen molar-refractivity contribution in [3.63, 3.8) is 0 Å². The minimum atomic E-state index is 0.422. The van der Waals surface area contributed by atoms with E-state index < -0.39 is 0 Å². The lowest BCUT2D eigenvalue weighted by Gasteiger charge is -2.42. The molecule has 4 fully saturated rings. The van der Waals surface area contributed by atoms with Crippen molar-refractivity contribution >= 4 is 45.7 Å². The zero-order valence-electron chi connectivity index (χ0n) is 11.8. The van der Waals surface area contributed by atoms with Gasteiger partial charge in [0.1, 0.15) is 9.88 Å². The predicted molar refractivity (Wildman–Crippen MR) is 94.5 cm³/mol. The van der Waals surface area contributed by atoms with Crippen LogP contribution in [-0.4, -0.2) is 16.8 Å². The third-order valence-electron chi connectivity index (χ3n) is 5.86.